The second-order valence-corrected chi connectivity index (χ2v) is 15.3. The second kappa shape index (κ2) is 11.2. The first-order valence-electron chi connectivity index (χ1n) is 16.8. The molecule has 222 valence electrons. The number of carbonyl (C=O) groups excluding carboxylic acids is 1. The first kappa shape index (κ1) is 28.4. The minimum absolute atomic E-state index is 0.0143. The molecule has 11 atom stereocenters. The third-order valence-electron chi connectivity index (χ3n) is 13.7. The molecule has 0 bridgehead atoms. The number of aliphatic hydroxyl groups is 2. The fourth-order valence-corrected chi connectivity index (χ4v) is 11.3. The first-order valence-corrected chi connectivity index (χ1v) is 16.8. The molecule has 2 aliphatic heterocycles. The molecular weight excluding hydrogens is 486 g/mol. The number of piperazine rings is 1. The Morgan fingerprint density at radius 2 is 1.74 bits per heavy atom. The third-order valence-corrected chi connectivity index (χ3v) is 13.7. The smallest absolute Gasteiger partial charge is 0.222 e. The lowest BCUT2D eigenvalue weighted by atomic mass is 9.43. The van der Waals surface area contributed by atoms with Crippen LogP contribution in [0, 0.1) is 46.3 Å². The van der Waals surface area contributed by atoms with E-state index in [9.17, 15) is 15.0 Å². The van der Waals surface area contributed by atoms with E-state index in [0.717, 1.165) is 70.7 Å². The van der Waals surface area contributed by atoms with Gasteiger partial charge in [-0.15, -0.1) is 0 Å². The average molecular weight is 544 g/mol. The zero-order valence-corrected chi connectivity index (χ0v) is 25.1. The molecule has 39 heavy (non-hydrogen) atoms. The molecule has 6 aliphatic rings. The summed E-state index contributed by atoms with van der Waals surface area (Å²) in [5.41, 5.74) is 0.275. The molecule has 6 nitrogen and oxygen atoms in total. The second-order valence-electron chi connectivity index (χ2n) is 15.3. The maximum atomic E-state index is 13.2. The van der Waals surface area contributed by atoms with Crippen LogP contribution >= 0.6 is 0 Å². The van der Waals surface area contributed by atoms with E-state index >= 15 is 0 Å². The molecule has 2 heterocycles. The summed E-state index contributed by atoms with van der Waals surface area (Å²) < 4.78 is 0. The summed E-state index contributed by atoms with van der Waals surface area (Å²) in [5.74, 6) is 3.90. The van der Waals surface area contributed by atoms with Crippen LogP contribution in [0.2, 0.25) is 0 Å². The minimum Gasteiger partial charge on any atom is -0.393 e. The molecular formula is C33H57N3O3. The maximum Gasteiger partial charge on any atom is 0.222 e. The van der Waals surface area contributed by atoms with Crippen molar-refractivity contribution in [3.05, 3.63) is 0 Å². The van der Waals surface area contributed by atoms with Gasteiger partial charge in [0.05, 0.1) is 18.4 Å². The van der Waals surface area contributed by atoms with Gasteiger partial charge in [0.1, 0.15) is 0 Å². The van der Waals surface area contributed by atoms with Crippen molar-refractivity contribution in [3.63, 3.8) is 0 Å². The van der Waals surface area contributed by atoms with E-state index < -0.39 is 0 Å². The van der Waals surface area contributed by atoms with Crippen molar-refractivity contribution in [2.45, 2.75) is 123 Å². The normalized spacial score (nSPS) is 47.7. The van der Waals surface area contributed by atoms with Crippen LogP contribution in [0.4, 0.5) is 0 Å². The number of rotatable bonds is 5. The van der Waals surface area contributed by atoms with Gasteiger partial charge in [0, 0.05) is 32.6 Å². The van der Waals surface area contributed by atoms with Crippen LogP contribution in [0.3, 0.4) is 0 Å². The number of amides is 1. The zero-order valence-electron chi connectivity index (χ0n) is 25.1. The maximum absolute atomic E-state index is 13.2. The molecule has 0 aromatic carbocycles. The topological polar surface area (TPSA) is 76.0 Å². The molecule has 0 aromatic rings. The van der Waals surface area contributed by atoms with Gasteiger partial charge < -0.3 is 20.4 Å². The highest BCUT2D eigenvalue weighted by molar-refractivity contribution is 5.76. The summed E-state index contributed by atoms with van der Waals surface area (Å²) in [6, 6.07) is 0. The van der Waals surface area contributed by atoms with Gasteiger partial charge in [0.2, 0.25) is 5.91 Å². The molecule has 0 aromatic heterocycles. The van der Waals surface area contributed by atoms with Crippen molar-refractivity contribution >= 4 is 5.91 Å². The van der Waals surface area contributed by atoms with Gasteiger partial charge >= 0.3 is 0 Å². The van der Waals surface area contributed by atoms with Crippen LogP contribution in [-0.4, -0.2) is 77.0 Å². The Morgan fingerprint density at radius 1 is 0.949 bits per heavy atom. The summed E-state index contributed by atoms with van der Waals surface area (Å²) in [4.78, 5) is 17.9. The lowest BCUT2D eigenvalue weighted by molar-refractivity contribution is -0.175. The van der Waals surface area contributed by atoms with Gasteiger partial charge in [-0.25, -0.2) is 0 Å². The highest BCUT2D eigenvalue weighted by Crippen LogP contribution is 2.68. The van der Waals surface area contributed by atoms with Gasteiger partial charge in [-0.05, 0) is 130 Å². The third kappa shape index (κ3) is 5.02. The highest BCUT2D eigenvalue weighted by Gasteiger charge is 2.63. The molecule has 3 N–H and O–H groups in total. The van der Waals surface area contributed by atoms with Crippen LogP contribution in [-0.2, 0) is 4.79 Å². The fraction of sp³-hybridized carbons (Fsp3) is 0.970. The molecule has 6 heteroatoms. The molecule has 1 amide bonds. The molecule has 0 spiro atoms. The van der Waals surface area contributed by atoms with E-state index in [1.807, 2.05) is 0 Å². The number of hydrogen-bond donors (Lipinski definition) is 3. The average Bonchev–Trinajstić information content (AvgIpc) is 3.32. The number of fused-ring (bicyclic) bond motifs is 5. The first-order chi connectivity index (χ1) is 18.7. The molecule has 0 radical (unpaired) electrons. The molecule has 2 saturated heterocycles. The van der Waals surface area contributed by atoms with Crippen LogP contribution in [0.5, 0.6) is 0 Å². The molecule has 11 unspecified atom stereocenters. The van der Waals surface area contributed by atoms with Crippen molar-refractivity contribution in [3.8, 4) is 0 Å². The van der Waals surface area contributed by atoms with Crippen LogP contribution in [0.15, 0.2) is 0 Å². The Bertz CT molecular complexity index is 870. The quantitative estimate of drug-likeness (QED) is 0.471. The van der Waals surface area contributed by atoms with Crippen molar-refractivity contribution in [1.82, 2.24) is 15.1 Å². The van der Waals surface area contributed by atoms with E-state index in [2.05, 4.69) is 35.9 Å². The largest absolute Gasteiger partial charge is 0.393 e. The van der Waals surface area contributed by atoms with Gasteiger partial charge in [0.15, 0.2) is 0 Å². The van der Waals surface area contributed by atoms with Gasteiger partial charge in [-0.1, -0.05) is 20.8 Å². The Balaban J connectivity index is 1.04. The van der Waals surface area contributed by atoms with E-state index in [-0.39, 0.29) is 23.0 Å². The number of nitrogens with one attached hydrogen (secondary N) is 1. The summed E-state index contributed by atoms with van der Waals surface area (Å²) in [6.07, 6.45) is 14.6. The molecule has 6 rings (SSSR count). The van der Waals surface area contributed by atoms with Crippen LogP contribution < -0.4 is 5.32 Å². The highest BCUT2D eigenvalue weighted by atomic mass is 16.3. The number of nitrogens with zero attached hydrogens (tertiary/aromatic N) is 2. The van der Waals surface area contributed by atoms with Crippen molar-refractivity contribution < 1.29 is 15.0 Å². The summed E-state index contributed by atoms with van der Waals surface area (Å²) in [7, 11) is 0. The van der Waals surface area contributed by atoms with Crippen LogP contribution in [0.1, 0.15) is 104 Å². The van der Waals surface area contributed by atoms with E-state index in [1.165, 1.54) is 44.9 Å². The van der Waals surface area contributed by atoms with Gasteiger partial charge in [-0.3, -0.25) is 9.69 Å². The fourth-order valence-electron chi connectivity index (χ4n) is 11.3. The number of aliphatic hydroxyl groups excluding tert-OH is 2. The van der Waals surface area contributed by atoms with Crippen molar-refractivity contribution in [2.24, 2.45) is 46.3 Å². The Kier molecular flexibility index (Phi) is 8.16. The predicted molar refractivity (Wildman–Crippen MR) is 155 cm³/mol. The van der Waals surface area contributed by atoms with Gasteiger partial charge in [-0.2, -0.15) is 0 Å². The Labute approximate surface area is 237 Å². The number of carbonyl (C=O) groups is 1. The lowest BCUT2D eigenvalue weighted by Gasteiger charge is -2.62. The Morgan fingerprint density at radius 3 is 2.49 bits per heavy atom. The predicted octanol–water partition coefficient (Wildman–Crippen LogP) is 4.64. The van der Waals surface area contributed by atoms with E-state index in [4.69, 9.17) is 0 Å². The molecule has 4 saturated carbocycles. The van der Waals surface area contributed by atoms with Gasteiger partial charge in [0.25, 0.3) is 0 Å². The SMILES string of the molecule is CC(CCC(=O)N1CCN(C2CCCCN2)CC1)C1CCC2C3CCC4CC(O)CCC4(C)C3CC(O)C12C. The van der Waals surface area contributed by atoms with Crippen LogP contribution in [0.25, 0.3) is 0 Å². The zero-order chi connectivity index (χ0) is 27.4. The Hall–Kier alpha value is -0.690. The summed E-state index contributed by atoms with van der Waals surface area (Å²) in [6.45, 7) is 12.2. The van der Waals surface area contributed by atoms with E-state index in [1.54, 1.807) is 0 Å². The summed E-state index contributed by atoms with van der Waals surface area (Å²) in [5, 5.41) is 25.8. The van der Waals surface area contributed by atoms with Crippen molar-refractivity contribution in [2.75, 3.05) is 32.7 Å². The van der Waals surface area contributed by atoms with Crippen molar-refractivity contribution in [1.29, 1.82) is 0 Å². The monoisotopic (exact) mass is 543 g/mol. The molecule has 4 aliphatic carbocycles. The number of hydrogen-bond acceptors (Lipinski definition) is 5. The number of piperidine rings is 1. The van der Waals surface area contributed by atoms with E-state index in [0.29, 0.717) is 48.1 Å². The molecule has 6 fully saturated rings. The standard InChI is InChI=1S/C33H57N3O3/c1-22(7-12-31(39)36-18-16-35(17-19-36)30-6-4-5-15-34-30)26-10-11-27-25-9-8-23-20-24(37)13-14-32(23,2)28(25)21-29(38)33(26,27)3/h22-30,34,37-38H,4-21H2,1-3H3. The lowest BCUT2D eigenvalue weighted by Crippen LogP contribution is -2.58. The summed E-state index contributed by atoms with van der Waals surface area (Å²) >= 11 is 0. The minimum atomic E-state index is -0.238.